The van der Waals surface area contributed by atoms with Gasteiger partial charge < -0.3 is 0 Å². The molecule has 0 atom stereocenters. The summed E-state index contributed by atoms with van der Waals surface area (Å²) >= 11 is 0. The van der Waals surface area contributed by atoms with E-state index in [2.05, 4.69) is 407 Å². The van der Waals surface area contributed by atoms with E-state index < -0.39 is 0 Å². The molecule has 0 N–H and O–H groups in total. The van der Waals surface area contributed by atoms with Gasteiger partial charge in [-0.3, -0.25) is 0 Å². The maximum absolute atomic E-state index is 5.18. The minimum absolute atomic E-state index is 0.0922. The van der Waals surface area contributed by atoms with Gasteiger partial charge >= 0.3 is 0 Å². The maximum Gasteiger partial charge on any atom is 0.164 e. The monoisotopic (exact) mass is 1540 g/mol. The van der Waals surface area contributed by atoms with Crippen molar-refractivity contribution in [3.8, 4) is 180 Å². The minimum atomic E-state index is -0.244. The third kappa shape index (κ3) is 12.5. The van der Waals surface area contributed by atoms with Gasteiger partial charge in [0.05, 0.1) is 0 Å². The fourth-order valence-corrected chi connectivity index (χ4v) is 19.6. The second-order valence-corrected chi connectivity index (χ2v) is 34.5. The average molecular weight is 1540 g/mol. The van der Waals surface area contributed by atoms with Crippen LogP contribution in [0, 0.1) is 0 Å². The first-order valence-electron chi connectivity index (χ1n) is 41.7. The predicted octanol–water partition coefficient (Wildman–Crippen LogP) is 29.0. The number of aromatic nitrogens is 6. The molecule has 6 heteroatoms. The second-order valence-electron chi connectivity index (χ2n) is 34.5. The number of fused-ring (bicyclic) bond motifs is 12. The average Bonchev–Trinajstić information content (AvgIpc) is 1.56. The molecular weight excluding hydrogens is 1450 g/mol. The molecule has 16 aromatic carbocycles. The number of hydrogen-bond acceptors (Lipinski definition) is 6. The molecule has 0 bridgehead atoms. The summed E-state index contributed by atoms with van der Waals surface area (Å²) in [5, 5.41) is 0. The summed E-state index contributed by atoms with van der Waals surface area (Å²) < 4.78 is 0. The molecule has 4 aliphatic carbocycles. The first-order chi connectivity index (χ1) is 58.5. The maximum atomic E-state index is 5.18. The zero-order chi connectivity index (χ0) is 81.2. The smallest absolute Gasteiger partial charge is 0.164 e. The lowest BCUT2D eigenvalue weighted by molar-refractivity contribution is 0.658. The lowest BCUT2D eigenvalue weighted by Crippen LogP contribution is -2.17. The van der Waals surface area contributed by atoms with Gasteiger partial charge in [0.25, 0.3) is 0 Å². The fraction of sp³-hybridized carbons (Fsp3) is 0.105. The molecule has 4 aliphatic rings. The van der Waals surface area contributed by atoms with Crippen molar-refractivity contribution in [3.63, 3.8) is 0 Å². The van der Waals surface area contributed by atoms with Crippen LogP contribution in [0.4, 0.5) is 0 Å². The summed E-state index contributed by atoms with van der Waals surface area (Å²) in [7, 11) is 0. The van der Waals surface area contributed by atoms with Crippen LogP contribution in [0.5, 0.6) is 0 Å². The van der Waals surface area contributed by atoms with E-state index in [1.807, 2.05) is 24.3 Å². The molecule has 0 aliphatic heterocycles. The van der Waals surface area contributed by atoms with Gasteiger partial charge in [0.1, 0.15) is 0 Å². The summed E-state index contributed by atoms with van der Waals surface area (Å²) in [5.41, 5.74) is 40.8. The normalized spacial score (nSPS) is 13.9. The Morgan fingerprint density at radius 1 is 0.133 bits per heavy atom. The van der Waals surface area contributed by atoms with E-state index in [1.165, 1.54) is 134 Å². The van der Waals surface area contributed by atoms with Crippen molar-refractivity contribution in [2.24, 2.45) is 0 Å². The van der Waals surface area contributed by atoms with Crippen LogP contribution in [0.15, 0.2) is 376 Å². The Hall–Kier alpha value is -14.5. The highest BCUT2D eigenvalue weighted by Crippen LogP contribution is 2.58. The van der Waals surface area contributed by atoms with Gasteiger partial charge in [-0.05, 0) is 180 Å². The predicted molar refractivity (Wildman–Crippen MR) is 495 cm³/mol. The highest BCUT2D eigenvalue weighted by molar-refractivity contribution is 5.94. The second kappa shape index (κ2) is 28.7. The molecule has 572 valence electrons. The number of rotatable bonds is 12. The third-order valence-electron chi connectivity index (χ3n) is 25.9. The van der Waals surface area contributed by atoms with Crippen molar-refractivity contribution in [3.05, 3.63) is 421 Å². The molecule has 0 spiro atoms. The molecule has 0 radical (unpaired) electrons. The van der Waals surface area contributed by atoms with Crippen molar-refractivity contribution in [1.82, 2.24) is 29.9 Å². The topological polar surface area (TPSA) is 77.3 Å². The fourth-order valence-electron chi connectivity index (χ4n) is 19.6. The van der Waals surface area contributed by atoms with Crippen LogP contribution in [-0.2, 0) is 21.7 Å². The first kappa shape index (κ1) is 73.2. The largest absolute Gasteiger partial charge is 0.208 e. The zero-order valence-corrected chi connectivity index (χ0v) is 68.5. The SMILES string of the molecule is CC1(C)c2cc(-c3nc(-c4ccc(-c5ccccc5)cc4)nc(-c4ccc(-c5ccccc5)cc4)n3)ccc2-c2ccc(-c3cccc4c3C(C)(C)c3ccccc3-4)cc21.CC1(C)c2cc(-c3nc(-c4ccc(-c5ccccc5)cc4)nc(-c4ccc(-c5ccccc5)cc4)n3)ccc2-c2ccc(-c3cccc4c3C(C)(C)c3ccccc3-4)cc21. The molecule has 0 fully saturated rings. The van der Waals surface area contributed by atoms with Gasteiger partial charge in [0.2, 0.25) is 0 Å². The summed E-state index contributed by atoms with van der Waals surface area (Å²) in [6.07, 6.45) is 0. The molecule has 0 amide bonds. The quantitative estimate of drug-likeness (QED) is 0.121. The Bertz CT molecular complexity index is 6440. The van der Waals surface area contributed by atoms with Crippen molar-refractivity contribution >= 4 is 0 Å². The minimum Gasteiger partial charge on any atom is -0.208 e. The molecule has 22 rings (SSSR count). The molecule has 2 heterocycles. The molecular formula is C114H86N6. The molecule has 6 nitrogen and oxygen atoms in total. The van der Waals surface area contributed by atoms with Gasteiger partial charge in [0, 0.05) is 55.0 Å². The van der Waals surface area contributed by atoms with Crippen LogP contribution in [0.3, 0.4) is 0 Å². The van der Waals surface area contributed by atoms with E-state index in [-0.39, 0.29) is 21.7 Å². The van der Waals surface area contributed by atoms with Crippen LogP contribution in [0.1, 0.15) is 99.9 Å². The van der Waals surface area contributed by atoms with Crippen molar-refractivity contribution in [2.45, 2.75) is 77.0 Å². The molecule has 18 aromatic rings. The van der Waals surface area contributed by atoms with Crippen molar-refractivity contribution in [1.29, 1.82) is 0 Å². The summed E-state index contributed by atoms with van der Waals surface area (Å²) in [5.74, 6) is 3.91. The highest BCUT2D eigenvalue weighted by Gasteiger charge is 2.42. The van der Waals surface area contributed by atoms with Crippen molar-refractivity contribution in [2.75, 3.05) is 0 Å². The Morgan fingerprint density at radius 2 is 0.325 bits per heavy atom. The van der Waals surface area contributed by atoms with Crippen LogP contribution < -0.4 is 0 Å². The molecule has 0 unspecified atom stereocenters. The lowest BCUT2D eigenvalue weighted by atomic mass is 9.77. The van der Waals surface area contributed by atoms with E-state index in [4.69, 9.17) is 29.9 Å². The molecule has 120 heavy (non-hydrogen) atoms. The van der Waals surface area contributed by atoms with Gasteiger partial charge in [-0.1, -0.05) is 407 Å². The van der Waals surface area contributed by atoms with Gasteiger partial charge in [-0.25, -0.2) is 29.9 Å². The zero-order valence-electron chi connectivity index (χ0n) is 68.5. The number of benzene rings is 16. The summed E-state index contributed by atoms with van der Waals surface area (Å²) in [6.45, 7) is 18.9. The Labute approximate surface area is 702 Å². The van der Waals surface area contributed by atoms with Crippen LogP contribution in [-0.4, -0.2) is 29.9 Å². The van der Waals surface area contributed by atoms with E-state index in [9.17, 15) is 0 Å². The Balaban J connectivity index is 0.000000148. The molecule has 0 saturated carbocycles. The number of hydrogen-bond donors (Lipinski definition) is 0. The first-order valence-corrected chi connectivity index (χ1v) is 41.7. The summed E-state index contributed by atoms with van der Waals surface area (Å²) in [6, 6.07) is 135. The van der Waals surface area contributed by atoms with E-state index in [1.54, 1.807) is 0 Å². The van der Waals surface area contributed by atoms with Crippen LogP contribution in [0.25, 0.3) is 180 Å². The summed E-state index contributed by atoms with van der Waals surface area (Å²) in [4.78, 5) is 30.9. The van der Waals surface area contributed by atoms with E-state index >= 15 is 0 Å². The molecule has 0 saturated heterocycles. The Morgan fingerprint density at radius 3 is 0.608 bits per heavy atom. The van der Waals surface area contributed by atoms with Gasteiger partial charge in [0.15, 0.2) is 34.9 Å². The van der Waals surface area contributed by atoms with Crippen molar-refractivity contribution < 1.29 is 0 Å². The van der Waals surface area contributed by atoms with Gasteiger partial charge in [-0.2, -0.15) is 0 Å². The number of nitrogens with zero attached hydrogens (tertiary/aromatic N) is 6. The lowest BCUT2D eigenvalue weighted by Gasteiger charge is -2.26. The Kier molecular flexibility index (Phi) is 17.5. The third-order valence-corrected chi connectivity index (χ3v) is 25.9. The highest BCUT2D eigenvalue weighted by atomic mass is 15.0. The van der Waals surface area contributed by atoms with Crippen LogP contribution in [0.2, 0.25) is 0 Å². The van der Waals surface area contributed by atoms with E-state index in [0.717, 1.165) is 55.6 Å². The van der Waals surface area contributed by atoms with Gasteiger partial charge in [-0.15, -0.1) is 0 Å². The standard InChI is InChI=1S/2C57H43N3/c2*1-56(2)50-34-42(44-19-13-20-48-45-18-11-12-21-49(45)57(3,4)52(44)48)30-32-46(50)47-33-31-43(35-51(47)56)55-59-53(40-26-22-38(23-27-40)36-14-7-5-8-15-36)58-54(60-55)41-28-24-39(25-29-41)37-16-9-6-10-17-37/h2*5-35H,1-4H3. The van der Waals surface area contributed by atoms with Crippen LogP contribution >= 0.6 is 0 Å². The molecule has 2 aromatic heterocycles. The van der Waals surface area contributed by atoms with E-state index in [0.29, 0.717) is 34.9 Å².